The first-order valence-corrected chi connectivity index (χ1v) is 10.5. The predicted octanol–water partition coefficient (Wildman–Crippen LogP) is 4.40. The number of rotatable bonds is 3. The highest BCUT2D eigenvalue weighted by Gasteiger charge is 2.66. The molecule has 0 aromatic heterocycles. The lowest BCUT2D eigenvalue weighted by atomic mass is 9.48. The molecule has 1 aliphatic carbocycles. The summed E-state index contributed by atoms with van der Waals surface area (Å²) < 4.78 is 6.35. The van der Waals surface area contributed by atoms with Crippen molar-refractivity contribution in [2.45, 2.75) is 52.7 Å². The van der Waals surface area contributed by atoms with Crippen LogP contribution in [0.3, 0.4) is 0 Å². The van der Waals surface area contributed by atoms with Crippen molar-refractivity contribution in [3.05, 3.63) is 40.4 Å². The Balaban J connectivity index is 1.58. The summed E-state index contributed by atoms with van der Waals surface area (Å²) in [5.74, 6) is 0.744. The molecule has 0 bridgehead atoms. The van der Waals surface area contributed by atoms with Gasteiger partial charge in [-0.3, -0.25) is 9.79 Å². The Labute approximate surface area is 177 Å². The van der Waals surface area contributed by atoms with Crippen molar-refractivity contribution < 1.29 is 9.53 Å². The topological polar surface area (TPSA) is 65.7 Å². The fourth-order valence-electron chi connectivity index (χ4n) is 5.78. The van der Waals surface area contributed by atoms with Crippen LogP contribution in [0.15, 0.2) is 34.8 Å². The van der Waals surface area contributed by atoms with E-state index in [-0.39, 0.29) is 28.9 Å². The Morgan fingerprint density at radius 2 is 2.00 bits per heavy atom. The van der Waals surface area contributed by atoms with Gasteiger partial charge in [-0.05, 0) is 18.6 Å². The molecule has 2 aliphatic heterocycles. The second kappa shape index (κ2) is 6.88. The van der Waals surface area contributed by atoms with Gasteiger partial charge in [0.1, 0.15) is 17.9 Å². The molecule has 1 aromatic carbocycles. The van der Waals surface area contributed by atoms with E-state index in [0.29, 0.717) is 22.9 Å². The standard InChI is InChI=1S/C23H26ClN3O2/c1-22(2)20(27-11-9-18-16(19(27)28)6-5-10-26-18)23(3,4)21(22)29-15-8-7-14(13-25)17(24)12-15/h6-8,12,20-21H,5,9-11H2,1-4H3. The summed E-state index contributed by atoms with van der Waals surface area (Å²) in [4.78, 5) is 19.8. The Hall–Kier alpha value is -2.32. The van der Waals surface area contributed by atoms with Gasteiger partial charge in [-0.15, -0.1) is 0 Å². The number of amides is 1. The van der Waals surface area contributed by atoms with Crippen LogP contribution in [-0.2, 0) is 4.79 Å². The Morgan fingerprint density at radius 3 is 2.66 bits per heavy atom. The van der Waals surface area contributed by atoms with Crippen LogP contribution in [0.1, 0.15) is 46.1 Å². The fraction of sp³-hybridized carbons (Fsp3) is 0.522. The largest absolute Gasteiger partial charge is 0.489 e. The number of likely N-dealkylation sites (tertiary alicyclic amines) is 1. The molecule has 0 spiro atoms. The number of aliphatic imine (C=N–C) groups is 1. The summed E-state index contributed by atoms with van der Waals surface area (Å²) in [6, 6.07) is 7.29. The van der Waals surface area contributed by atoms with E-state index in [2.05, 4.69) is 38.8 Å². The van der Waals surface area contributed by atoms with E-state index in [1.807, 2.05) is 11.0 Å². The van der Waals surface area contributed by atoms with Crippen molar-refractivity contribution in [1.29, 1.82) is 5.26 Å². The molecule has 1 saturated carbocycles. The molecular formula is C23H26ClN3O2. The average Bonchev–Trinajstić information content (AvgIpc) is 2.68. The molecule has 3 aliphatic rings. The SMILES string of the molecule is CC1(C)C(Oc2ccc(C#N)c(Cl)c2)C(C)(C)C1N1CCC2=NCCC=C2C1=O. The van der Waals surface area contributed by atoms with Crippen LogP contribution >= 0.6 is 11.6 Å². The van der Waals surface area contributed by atoms with Gasteiger partial charge in [0, 0.05) is 48.2 Å². The average molecular weight is 412 g/mol. The van der Waals surface area contributed by atoms with Crippen molar-refractivity contribution in [3.8, 4) is 11.8 Å². The molecule has 2 heterocycles. The van der Waals surface area contributed by atoms with Gasteiger partial charge in [0.2, 0.25) is 0 Å². The molecule has 2 fully saturated rings. The van der Waals surface area contributed by atoms with Crippen molar-refractivity contribution >= 4 is 23.2 Å². The third-order valence-electron chi connectivity index (χ3n) is 6.56. The smallest absolute Gasteiger partial charge is 0.255 e. The summed E-state index contributed by atoms with van der Waals surface area (Å²) in [5.41, 5.74) is 1.72. The van der Waals surface area contributed by atoms with E-state index in [4.69, 9.17) is 21.6 Å². The van der Waals surface area contributed by atoms with Crippen molar-refractivity contribution in [2.24, 2.45) is 15.8 Å². The number of hydrogen-bond donors (Lipinski definition) is 0. The van der Waals surface area contributed by atoms with Gasteiger partial charge < -0.3 is 9.64 Å². The quantitative estimate of drug-likeness (QED) is 0.740. The minimum absolute atomic E-state index is 0.0609. The van der Waals surface area contributed by atoms with E-state index in [1.165, 1.54) is 0 Å². The van der Waals surface area contributed by atoms with Gasteiger partial charge in [0.25, 0.3) is 5.91 Å². The van der Waals surface area contributed by atoms with Crippen molar-refractivity contribution in [1.82, 2.24) is 4.90 Å². The van der Waals surface area contributed by atoms with Gasteiger partial charge in [-0.25, -0.2) is 0 Å². The van der Waals surface area contributed by atoms with E-state index >= 15 is 0 Å². The normalized spacial score (nSPS) is 27.2. The maximum Gasteiger partial charge on any atom is 0.255 e. The Kier molecular flexibility index (Phi) is 4.74. The molecule has 4 rings (SSSR count). The van der Waals surface area contributed by atoms with Gasteiger partial charge in [0.15, 0.2) is 0 Å². The molecule has 5 nitrogen and oxygen atoms in total. The lowest BCUT2D eigenvalue weighted by Crippen LogP contribution is -2.76. The van der Waals surface area contributed by atoms with E-state index in [0.717, 1.165) is 30.7 Å². The third kappa shape index (κ3) is 3.05. The number of halogens is 1. The zero-order valence-corrected chi connectivity index (χ0v) is 18.1. The van der Waals surface area contributed by atoms with Crippen molar-refractivity contribution in [3.63, 3.8) is 0 Å². The van der Waals surface area contributed by atoms with Gasteiger partial charge in [0.05, 0.1) is 16.2 Å². The minimum atomic E-state index is -0.233. The number of benzene rings is 1. The van der Waals surface area contributed by atoms with E-state index in [1.54, 1.807) is 18.2 Å². The van der Waals surface area contributed by atoms with Crippen LogP contribution < -0.4 is 4.74 Å². The maximum absolute atomic E-state index is 13.2. The second-order valence-corrected chi connectivity index (χ2v) is 9.69. The molecule has 152 valence electrons. The lowest BCUT2D eigenvalue weighted by Gasteiger charge is -2.66. The number of ether oxygens (including phenoxy) is 1. The minimum Gasteiger partial charge on any atom is -0.489 e. The molecule has 6 heteroatoms. The molecule has 0 unspecified atom stereocenters. The van der Waals surface area contributed by atoms with E-state index in [9.17, 15) is 4.79 Å². The van der Waals surface area contributed by atoms with Crippen molar-refractivity contribution in [2.75, 3.05) is 13.1 Å². The van der Waals surface area contributed by atoms with Crippen LogP contribution in [0.25, 0.3) is 0 Å². The number of carbonyl (C=O) groups is 1. The Bertz CT molecular complexity index is 955. The van der Waals surface area contributed by atoms with Crippen LogP contribution in [0.2, 0.25) is 5.02 Å². The molecule has 0 atom stereocenters. The molecule has 1 saturated heterocycles. The zero-order valence-electron chi connectivity index (χ0n) is 17.3. The highest BCUT2D eigenvalue weighted by molar-refractivity contribution is 6.31. The molecular weight excluding hydrogens is 386 g/mol. The lowest BCUT2D eigenvalue weighted by molar-refractivity contribution is -0.210. The summed E-state index contributed by atoms with van der Waals surface area (Å²) in [5, 5.41) is 9.46. The summed E-state index contributed by atoms with van der Waals surface area (Å²) in [7, 11) is 0. The summed E-state index contributed by atoms with van der Waals surface area (Å²) >= 11 is 6.18. The molecule has 1 aromatic rings. The third-order valence-corrected chi connectivity index (χ3v) is 6.87. The number of dihydropyridines is 1. The number of nitriles is 1. The summed E-state index contributed by atoms with van der Waals surface area (Å²) in [6.45, 7) is 10.1. The number of carbonyl (C=O) groups excluding carboxylic acids is 1. The highest BCUT2D eigenvalue weighted by atomic mass is 35.5. The molecule has 0 radical (unpaired) electrons. The number of fused-ring (bicyclic) bond motifs is 1. The zero-order chi connectivity index (χ0) is 21.0. The molecule has 1 amide bonds. The second-order valence-electron chi connectivity index (χ2n) is 9.28. The first-order chi connectivity index (χ1) is 13.7. The molecule has 29 heavy (non-hydrogen) atoms. The van der Waals surface area contributed by atoms with Gasteiger partial charge >= 0.3 is 0 Å². The van der Waals surface area contributed by atoms with Crippen LogP contribution in [0, 0.1) is 22.2 Å². The first-order valence-electron chi connectivity index (χ1n) is 10.1. The van der Waals surface area contributed by atoms with Gasteiger partial charge in [-0.2, -0.15) is 5.26 Å². The number of piperidine rings is 1. The predicted molar refractivity (Wildman–Crippen MR) is 113 cm³/mol. The fourth-order valence-corrected chi connectivity index (χ4v) is 5.99. The highest BCUT2D eigenvalue weighted by Crippen LogP contribution is 2.58. The van der Waals surface area contributed by atoms with E-state index < -0.39 is 0 Å². The summed E-state index contributed by atoms with van der Waals surface area (Å²) in [6.07, 6.45) is 3.60. The monoisotopic (exact) mass is 411 g/mol. The molecule has 0 N–H and O–H groups in total. The number of nitrogens with zero attached hydrogens (tertiary/aromatic N) is 3. The van der Waals surface area contributed by atoms with Gasteiger partial charge in [-0.1, -0.05) is 45.4 Å². The van der Waals surface area contributed by atoms with Crippen LogP contribution in [0.4, 0.5) is 0 Å². The maximum atomic E-state index is 13.2. The van der Waals surface area contributed by atoms with Crippen LogP contribution in [-0.4, -0.2) is 41.8 Å². The number of hydrogen-bond acceptors (Lipinski definition) is 4. The van der Waals surface area contributed by atoms with Crippen LogP contribution in [0.5, 0.6) is 5.75 Å². The first kappa shape index (κ1) is 20.0. The Morgan fingerprint density at radius 1 is 1.28 bits per heavy atom.